The van der Waals surface area contributed by atoms with Crippen LogP contribution in [0.3, 0.4) is 0 Å². The summed E-state index contributed by atoms with van der Waals surface area (Å²) < 4.78 is 0. The number of carboxylic acid groups (broad SMARTS) is 1. The quantitative estimate of drug-likeness (QED) is 0.801. The lowest BCUT2D eigenvalue weighted by Gasteiger charge is -2.34. The third kappa shape index (κ3) is 2.76. The summed E-state index contributed by atoms with van der Waals surface area (Å²) in [6.45, 7) is 1.25. The van der Waals surface area contributed by atoms with Crippen LogP contribution in [0.25, 0.3) is 0 Å². The molecular formula is C13H23NO2. The summed E-state index contributed by atoms with van der Waals surface area (Å²) in [5, 5.41) is 8.78. The molecule has 1 atom stereocenters. The van der Waals surface area contributed by atoms with Crippen molar-refractivity contribution in [3.63, 3.8) is 0 Å². The normalized spacial score (nSPS) is 36.4. The van der Waals surface area contributed by atoms with Crippen molar-refractivity contribution < 1.29 is 9.90 Å². The lowest BCUT2D eigenvalue weighted by Crippen LogP contribution is -2.35. The van der Waals surface area contributed by atoms with Gasteiger partial charge in [0.05, 0.1) is 0 Å². The zero-order valence-electron chi connectivity index (χ0n) is 10.2. The lowest BCUT2D eigenvalue weighted by molar-refractivity contribution is -0.138. The molecule has 1 N–H and O–H groups in total. The molecule has 92 valence electrons. The predicted octanol–water partition coefficient (Wildman–Crippen LogP) is 2.36. The van der Waals surface area contributed by atoms with Crippen LogP contribution in [0.15, 0.2) is 0 Å². The van der Waals surface area contributed by atoms with Gasteiger partial charge in [0, 0.05) is 12.5 Å². The average molecular weight is 225 g/mol. The minimum absolute atomic E-state index is 0.382. The Labute approximate surface area is 97.8 Å². The van der Waals surface area contributed by atoms with Gasteiger partial charge in [0.25, 0.3) is 0 Å². The summed E-state index contributed by atoms with van der Waals surface area (Å²) in [7, 11) is 2.24. The maximum Gasteiger partial charge on any atom is 0.303 e. The van der Waals surface area contributed by atoms with Crippen molar-refractivity contribution in [1.82, 2.24) is 4.90 Å². The predicted molar refractivity (Wildman–Crippen MR) is 63.4 cm³/mol. The van der Waals surface area contributed by atoms with Crippen LogP contribution >= 0.6 is 0 Å². The van der Waals surface area contributed by atoms with Crippen LogP contribution in [0, 0.1) is 11.8 Å². The summed E-state index contributed by atoms with van der Waals surface area (Å²) in [4.78, 5) is 13.2. The van der Waals surface area contributed by atoms with E-state index in [1.54, 1.807) is 0 Å². The lowest BCUT2D eigenvalue weighted by atomic mass is 9.77. The fraction of sp³-hybridized carbons (Fsp3) is 0.923. The van der Waals surface area contributed by atoms with E-state index in [1.807, 2.05) is 0 Å². The summed E-state index contributed by atoms with van der Waals surface area (Å²) in [5.74, 6) is 0.652. The Balaban J connectivity index is 1.78. The van der Waals surface area contributed by atoms with Gasteiger partial charge in [-0.15, -0.1) is 0 Å². The third-order valence-corrected chi connectivity index (χ3v) is 4.48. The Hall–Kier alpha value is -0.570. The van der Waals surface area contributed by atoms with Gasteiger partial charge in [-0.2, -0.15) is 0 Å². The highest BCUT2D eigenvalue weighted by molar-refractivity contribution is 5.67. The van der Waals surface area contributed by atoms with Crippen LogP contribution in [0.2, 0.25) is 0 Å². The van der Waals surface area contributed by atoms with E-state index in [0.29, 0.717) is 12.3 Å². The molecule has 1 aliphatic carbocycles. The van der Waals surface area contributed by atoms with Gasteiger partial charge in [-0.05, 0) is 64.0 Å². The number of hydrogen-bond acceptors (Lipinski definition) is 2. The molecule has 0 bridgehead atoms. The Kier molecular flexibility index (Phi) is 3.85. The van der Waals surface area contributed by atoms with Crippen molar-refractivity contribution in [2.75, 3.05) is 13.6 Å². The maximum absolute atomic E-state index is 10.6. The highest BCUT2D eigenvalue weighted by Gasteiger charge is 2.32. The van der Waals surface area contributed by atoms with Gasteiger partial charge in [-0.25, -0.2) is 0 Å². The first-order valence-corrected chi connectivity index (χ1v) is 6.59. The molecule has 1 aliphatic heterocycles. The SMILES string of the molecule is CN1CCC[C@@H]1C1CCC(CC(=O)O)CC1. The molecule has 0 aromatic rings. The molecule has 0 aromatic heterocycles. The monoisotopic (exact) mass is 225 g/mol. The molecule has 3 nitrogen and oxygen atoms in total. The number of aliphatic carboxylic acids is 1. The van der Waals surface area contributed by atoms with Crippen molar-refractivity contribution >= 4 is 5.97 Å². The Morgan fingerprint density at radius 2 is 1.94 bits per heavy atom. The first kappa shape index (κ1) is 11.9. The minimum Gasteiger partial charge on any atom is -0.481 e. The van der Waals surface area contributed by atoms with Crippen molar-refractivity contribution in [3.8, 4) is 0 Å². The molecular weight excluding hydrogens is 202 g/mol. The van der Waals surface area contributed by atoms with E-state index < -0.39 is 5.97 Å². The maximum atomic E-state index is 10.6. The van der Waals surface area contributed by atoms with Gasteiger partial charge in [0.1, 0.15) is 0 Å². The second kappa shape index (κ2) is 5.17. The van der Waals surface area contributed by atoms with Crippen LogP contribution in [-0.2, 0) is 4.79 Å². The van der Waals surface area contributed by atoms with Crippen LogP contribution in [0.1, 0.15) is 44.9 Å². The number of carboxylic acids is 1. The van der Waals surface area contributed by atoms with Crippen LogP contribution < -0.4 is 0 Å². The zero-order valence-corrected chi connectivity index (χ0v) is 10.2. The van der Waals surface area contributed by atoms with Gasteiger partial charge >= 0.3 is 5.97 Å². The fourth-order valence-electron chi connectivity index (χ4n) is 3.56. The average Bonchev–Trinajstić information content (AvgIpc) is 2.65. The number of rotatable bonds is 3. The molecule has 0 unspecified atom stereocenters. The Bertz CT molecular complexity index is 246. The third-order valence-electron chi connectivity index (χ3n) is 4.48. The van der Waals surface area contributed by atoms with Gasteiger partial charge in [-0.1, -0.05) is 0 Å². The highest BCUT2D eigenvalue weighted by atomic mass is 16.4. The van der Waals surface area contributed by atoms with E-state index in [1.165, 1.54) is 32.2 Å². The molecule has 0 aromatic carbocycles. The van der Waals surface area contributed by atoms with Crippen molar-refractivity contribution in [3.05, 3.63) is 0 Å². The molecule has 1 heterocycles. The number of nitrogens with zero attached hydrogens (tertiary/aromatic N) is 1. The molecule has 2 fully saturated rings. The van der Waals surface area contributed by atoms with Gasteiger partial charge in [0.15, 0.2) is 0 Å². The molecule has 3 heteroatoms. The molecule has 2 rings (SSSR count). The largest absolute Gasteiger partial charge is 0.481 e. The molecule has 1 saturated heterocycles. The second-order valence-electron chi connectivity index (χ2n) is 5.57. The van der Waals surface area contributed by atoms with Crippen LogP contribution in [0.5, 0.6) is 0 Å². The summed E-state index contributed by atoms with van der Waals surface area (Å²) >= 11 is 0. The number of hydrogen-bond donors (Lipinski definition) is 1. The highest BCUT2D eigenvalue weighted by Crippen LogP contribution is 2.36. The molecule has 16 heavy (non-hydrogen) atoms. The van der Waals surface area contributed by atoms with E-state index in [4.69, 9.17) is 5.11 Å². The fourth-order valence-corrected chi connectivity index (χ4v) is 3.56. The standard InChI is InChI=1S/C13H23NO2/c1-14-8-2-3-12(14)11-6-4-10(5-7-11)9-13(15)16/h10-12H,2-9H2,1H3,(H,15,16)/t10?,11?,12-/m1/s1. The van der Waals surface area contributed by atoms with Crippen molar-refractivity contribution in [2.45, 2.75) is 51.0 Å². The summed E-state index contributed by atoms with van der Waals surface area (Å²) in [6, 6.07) is 0.783. The van der Waals surface area contributed by atoms with E-state index in [0.717, 1.165) is 24.8 Å². The Morgan fingerprint density at radius 1 is 1.25 bits per heavy atom. The van der Waals surface area contributed by atoms with E-state index in [2.05, 4.69) is 11.9 Å². The van der Waals surface area contributed by atoms with E-state index in [-0.39, 0.29) is 0 Å². The van der Waals surface area contributed by atoms with E-state index in [9.17, 15) is 4.79 Å². The molecule has 0 spiro atoms. The zero-order chi connectivity index (χ0) is 11.5. The first-order chi connectivity index (χ1) is 7.66. The number of carbonyl (C=O) groups is 1. The smallest absolute Gasteiger partial charge is 0.303 e. The topological polar surface area (TPSA) is 40.5 Å². The molecule has 2 aliphatic rings. The first-order valence-electron chi connectivity index (χ1n) is 6.59. The van der Waals surface area contributed by atoms with Crippen molar-refractivity contribution in [2.24, 2.45) is 11.8 Å². The number of likely N-dealkylation sites (tertiary alicyclic amines) is 1. The molecule has 0 amide bonds. The minimum atomic E-state index is -0.624. The van der Waals surface area contributed by atoms with Crippen molar-refractivity contribution in [1.29, 1.82) is 0 Å². The molecule has 0 radical (unpaired) electrons. The van der Waals surface area contributed by atoms with Gasteiger partial charge in [-0.3, -0.25) is 4.79 Å². The molecule has 1 saturated carbocycles. The summed E-state index contributed by atoms with van der Waals surface area (Å²) in [5.41, 5.74) is 0. The van der Waals surface area contributed by atoms with Gasteiger partial charge in [0.2, 0.25) is 0 Å². The van der Waals surface area contributed by atoms with E-state index >= 15 is 0 Å². The summed E-state index contributed by atoms with van der Waals surface area (Å²) in [6.07, 6.45) is 7.82. The second-order valence-corrected chi connectivity index (χ2v) is 5.57. The Morgan fingerprint density at radius 3 is 2.44 bits per heavy atom. The van der Waals surface area contributed by atoms with Gasteiger partial charge < -0.3 is 10.0 Å². The van der Waals surface area contributed by atoms with Crippen LogP contribution in [0.4, 0.5) is 0 Å². The van der Waals surface area contributed by atoms with Crippen LogP contribution in [-0.4, -0.2) is 35.6 Å².